The molecule has 1 aliphatic carbocycles. The molecule has 7 nitrogen and oxygen atoms in total. The summed E-state index contributed by atoms with van der Waals surface area (Å²) < 4.78 is 0. The first kappa shape index (κ1) is 23.2. The van der Waals surface area contributed by atoms with E-state index in [2.05, 4.69) is 22.0 Å². The minimum absolute atomic E-state index is 0.145. The Balaban J connectivity index is 1.25. The van der Waals surface area contributed by atoms with Gasteiger partial charge in [-0.3, -0.25) is 0 Å². The van der Waals surface area contributed by atoms with Crippen molar-refractivity contribution < 1.29 is 4.79 Å². The van der Waals surface area contributed by atoms with Gasteiger partial charge in [0, 0.05) is 42.7 Å². The van der Waals surface area contributed by atoms with E-state index in [-0.39, 0.29) is 6.03 Å². The average Bonchev–Trinajstić information content (AvgIpc) is 2.83. The second-order valence-electron chi connectivity index (χ2n) is 8.71. The highest BCUT2D eigenvalue weighted by Gasteiger charge is 2.22. The van der Waals surface area contributed by atoms with Gasteiger partial charge < -0.3 is 20.9 Å². The largest absolute Gasteiger partial charge is 0.362 e. The number of thioether (sulfide) groups is 1. The molecule has 0 bridgehead atoms. The zero-order chi connectivity index (χ0) is 23.2. The number of anilines is 3. The summed E-state index contributed by atoms with van der Waals surface area (Å²) in [6.07, 6.45) is 6.24. The highest BCUT2D eigenvalue weighted by Crippen LogP contribution is 2.28. The Morgan fingerprint density at radius 1 is 1.03 bits per heavy atom. The molecule has 2 aromatic carbocycles. The standard InChI is InChI=1S/C25H32N6OS/c1-31(2)23-21-6-4-5-7-22(21)29-24(30-23)27-18-10-8-17(9-11-18)16-26-25(32)28-19-12-14-20(33-3)15-13-19/h4-7,12-15,17-18H,8-11,16H2,1-3H3,(H2,26,28,32)(H,27,29,30). The lowest BCUT2D eigenvalue weighted by atomic mass is 9.86. The van der Waals surface area contributed by atoms with Gasteiger partial charge in [-0.05, 0) is 74.3 Å². The van der Waals surface area contributed by atoms with Crippen LogP contribution in [0.4, 0.5) is 22.2 Å². The highest BCUT2D eigenvalue weighted by atomic mass is 32.2. The lowest BCUT2D eigenvalue weighted by Crippen LogP contribution is -2.36. The number of fused-ring (bicyclic) bond motifs is 1. The Labute approximate surface area is 199 Å². The third-order valence-corrected chi connectivity index (χ3v) is 6.83. The predicted octanol–water partition coefficient (Wildman–Crippen LogP) is 5.21. The van der Waals surface area contributed by atoms with E-state index in [1.165, 1.54) is 4.90 Å². The molecule has 4 rings (SSSR count). The molecule has 0 unspecified atom stereocenters. The van der Waals surface area contributed by atoms with E-state index in [0.29, 0.717) is 24.5 Å². The van der Waals surface area contributed by atoms with Crippen LogP contribution in [0.25, 0.3) is 10.9 Å². The highest BCUT2D eigenvalue weighted by molar-refractivity contribution is 7.98. The van der Waals surface area contributed by atoms with E-state index in [1.54, 1.807) is 11.8 Å². The average molecular weight is 465 g/mol. The number of amides is 2. The molecule has 0 atom stereocenters. The van der Waals surface area contributed by atoms with Crippen LogP contribution in [0.3, 0.4) is 0 Å². The maximum absolute atomic E-state index is 12.2. The summed E-state index contributed by atoms with van der Waals surface area (Å²) in [5.74, 6) is 2.10. The van der Waals surface area contributed by atoms with E-state index in [9.17, 15) is 4.79 Å². The molecule has 2 amide bonds. The number of benzene rings is 2. The molecule has 0 radical (unpaired) electrons. The van der Waals surface area contributed by atoms with Crippen molar-refractivity contribution in [3.8, 4) is 0 Å². The minimum atomic E-state index is -0.145. The summed E-state index contributed by atoms with van der Waals surface area (Å²) in [6, 6.07) is 16.2. The molecule has 1 saturated carbocycles. The summed E-state index contributed by atoms with van der Waals surface area (Å²) in [4.78, 5) is 24.9. The van der Waals surface area contributed by atoms with Gasteiger partial charge in [0.1, 0.15) is 5.82 Å². The second-order valence-corrected chi connectivity index (χ2v) is 9.59. The van der Waals surface area contributed by atoms with Crippen molar-refractivity contribution in [2.24, 2.45) is 5.92 Å². The Morgan fingerprint density at radius 3 is 2.45 bits per heavy atom. The van der Waals surface area contributed by atoms with Crippen LogP contribution in [-0.4, -0.2) is 48.9 Å². The van der Waals surface area contributed by atoms with Gasteiger partial charge in [0.05, 0.1) is 5.52 Å². The number of nitrogens with zero attached hydrogens (tertiary/aromatic N) is 3. The van der Waals surface area contributed by atoms with Crippen LogP contribution in [0, 0.1) is 5.92 Å². The van der Waals surface area contributed by atoms with Crippen molar-refractivity contribution in [2.75, 3.05) is 42.4 Å². The number of rotatable bonds is 7. The summed E-state index contributed by atoms with van der Waals surface area (Å²) in [6.45, 7) is 0.693. The van der Waals surface area contributed by atoms with E-state index < -0.39 is 0 Å². The van der Waals surface area contributed by atoms with Crippen molar-refractivity contribution in [1.82, 2.24) is 15.3 Å². The Kier molecular flexibility index (Phi) is 7.54. The number of hydrogen-bond acceptors (Lipinski definition) is 6. The van der Waals surface area contributed by atoms with Crippen molar-refractivity contribution >= 4 is 46.1 Å². The van der Waals surface area contributed by atoms with E-state index in [4.69, 9.17) is 9.97 Å². The van der Waals surface area contributed by atoms with Gasteiger partial charge in [-0.1, -0.05) is 12.1 Å². The smallest absolute Gasteiger partial charge is 0.319 e. The van der Waals surface area contributed by atoms with Gasteiger partial charge in [-0.25, -0.2) is 9.78 Å². The van der Waals surface area contributed by atoms with Crippen LogP contribution in [0.5, 0.6) is 0 Å². The lowest BCUT2D eigenvalue weighted by Gasteiger charge is -2.29. The molecule has 8 heteroatoms. The number of nitrogens with one attached hydrogen (secondary N) is 3. The monoisotopic (exact) mass is 464 g/mol. The normalized spacial score (nSPS) is 18.0. The molecule has 0 saturated heterocycles. The van der Waals surface area contributed by atoms with Crippen LogP contribution in [0.2, 0.25) is 0 Å². The van der Waals surface area contributed by atoms with Crippen molar-refractivity contribution in [1.29, 1.82) is 0 Å². The van der Waals surface area contributed by atoms with Crippen molar-refractivity contribution in [3.05, 3.63) is 48.5 Å². The van der Waals surface area contributed by atoms with E-state index >= 15 is 0 Å². The molecular weight excluding hydrogens is 432 g/mol. The Hall–Kier alpha value is -3.00. The molecule has 1 aliphatic rings. The van der Waals surface area contributed by atoms with Crippen LogP contribution >= 0.6 is 11.8 Å². The maximum Gasteiger partial charge on any atom is 0.319 e. The zero-order valence-corrected chi connectivity index (χ0v) is 20.3. The first-order chi connectivity index (χ1) is 16.0. The number of aromatic nitrogens is 2. The van der Waals surface area contributed by atoms with E-state index in [1.807, 2.05) is 67.7 Å². The predicted molar refractivity (Wildman–Crippen MR) is 138 cm³/mol. The fraction of sp³-hybridized carbons (Fsp3) is 0.400. The van der Waals surface area contributed by atoms with Crippen molar-refractivity contribution in [3.63, 3.8) is 0 Å². The molecule has 33 heavy (non-hydrogen) atoms. The van der Waals surface area contributed by atoms with Gasteiger partial charge in [-0.15, -0.1) is 11.8 Å². The fourth-order valence-corrected chi connectivity index (χ4v) is 4.65. The van der Waals surface area contributed by atoms with Gasteiger partial charge in [0.2, 0.25) is 5.95 Å². The Morgan fingerprint density at radius 2 is 1.76 bits per heavy atom. The van der Waals surface area contributed by atoms with Crippen molar-refractivity contribution in [2.45, 2.75) is 36.6 Å². The topological polar surface area (TPSA) is 82.2 Å². The first-order valence-corrected chi connectivity index (χ1v) is 12.6. The molecule has 174 valence electrons. The molecule has 1 aromatic heterocycles. The summed E-state index contributed by atoms with van der Waals surface area (Å²) in [5, 5.41) is 10.5. The molecule has 0 aliphatic heterocycles. The number of urea groups is 1. The quantitative estimate of drug-likeness (QED) is 0.417. The SMILES string of the molecule is CSc1ccc(NC(=O)NCC2CCC(Nc3nc(N(C)C)c4ccccc4n3)CC2)cc1. The van der Waals surface area contributed by atoms with Gasteiger partial charge in [0.15, 0.2) is 0 Å². The number of para-hydroxylation sites is 1. The summed E-state index contributed by atoms with van der Waals surface area (Å²) in [7, 11) is 4.01. The molecule has 3 aromatic rings. The summed E-state index contributed by atoms with van der Waals surface area (Å²) >= 11 is 1.68. The fourth-order valence-electron chi connectivity index (χ4n) is 4.25. The molecule has 0 spiro atoms. The molecule has 3 N–H and O–H groups in total. The Bertz CT molecular complexity index is 1080. The lowest BCUT2D eigenvalue weighted by molar-refractivity contribution is 0.246. The number of carbonyl (C=O) groups excluding carboxylic acids is 1. The van der Waals surface area contributed by atoms with Crippen LogP contribution in [0.1, 0.15) is 25.7 Å². The second kappa shape index (κ2) is 10.7. The van der Waals surface area contributed by atoms with Gasteiger partial charge in [-0.2, -0.15) is 4.98 Å². The summed E-state index contributed by atoms with van der Waals surface area (Å²) in [5.41, 5.74) is 1.76. The number of hydrogen-bond donors (Lipinski definition) is 3. The van der Waals surface area contributed by atoms with E-state index in [0.717, 1.165) is 48.1 Å². The van der Waals surface area contributed by atoms with Gasteiger partial charge >= 0.3 is 6.03 Å². The van der Waals surface area contributed by atoms with Crippen LogP contribution in [0.15, 0.2) is 53.4 Å². The molecule has 1 fully saturated rings. The molecule has 1 heterocycles. The zero-order valence-electron chi connectivity index (χ0n) is 19.5. The minimum Gasteiger partial charge on any atom is -0.362 e. The number of carbonyl (C=O) groups is 1. The third-order valence-electron chi connectivity index (χ3n) is 6.09. The van der Waals surface area contributed by atoms with Crippen LogP contribution < -0.4 is 20.9 Å². The first-order valence-electron chi connectivity index (χ1n) is 11.4. The third kappa shape index (κ3) is 6.07. The van der Waals surface area contributed by atoms with Gasteiger partial charge in [0.25, 0.3) is 0 Å². The maximum atomic E-state index is 12.2. The van der Waals surface area contributed by atoms with Crippen LogP contribution in [-0.2, 0) is 0 Å². The molecular formula is C25H32N6OS.